The van der Waals surface area contributed by atoms with Crippen LogP contribution in [0.2, 0.25) is 0 Å². The molecule has 68 valence electrons. The fourth-order valence-electron chi connectivity index (χ4n) is 1.38. The maximum absolute atomic E-state index is 5.39. The van der Waals surface area contributed by atoms with Crippen LogP contribution in [0.3, 0.4) is 0 Å². The first-order valence-corrected chi connectivity index (χ1v) is 4.47. The molecule has 1 aromatic carbocycles. The molecule has 0 bridgehead atoms. The molecule has 1 aromatic rings. The predicted octanol–water partition coefficient (Wildman–Crippen LogP) is 2.53. The highest BCUT2D eigenvalue weighted by Gasteiger charge is 2.06. The first-order valence-electron chi connectivity index (χ1n) is 4.47. The van der Waals surface area contributed by atoms with E-state index >= 15 is 0 Å². The molecule has 0 unspecified atom stereocenters. The molecule has 0 amide bonds. The van der Waals surface area contributed by atoms with Crippen molar-refractivity contribution in [3.05, 3.63) is 36.1 Å². The van der Waals surface area contributed by atoms with Crippen molar-refractivity contribution in [2.24, 2.45) is 0 Å². The van der Waals surface area contributed by atoms with Crippen molar-refractivity contribution in [3.8, 4) is 11.5 Å². The van der Waals surface area contributed by atoms with Crippen LogP contribution in [0, 0.1) is 0 Å². The topological polar surface area (TPSA) is 18.5 Å². The van der Waals surface area contributed by atoms with Crippen molar-refractivity contribution in [1.82, 2.24) is 0 Å². The van der Waals surface area contributed by atoms with Crippen LogP contribution in [0.25, 0.3) is 0 Å². The summed E-state index contributed by atoms with van der Waals surface area (Å²) in [5.41, 5.74) is 1.19. The van der Waals surface area contributed by atoms with E-state index in [9.17, 15) is 0 Å². The van der Waals surface area contributed by atoms with Gasteiger partial charge in [-0.1, -0.05) is 0 Å². The Hall–Kier alpha value is -1.44. The summed E-state index contributed by atoms with van der Waals surface area (Å²) in [7, 11) is 0. The zero-order chi connectivity index (χ0) is 9.10. The third kappa shape index (κ3) is 1.66. The predicted molar refractivity (Wildman–Crippen MR) is 51.1 cm³/mol. The van der Waals surface area contributed by atoms with E-state index in [4.69, 9.17) is 9.47 Å². The van der Waals surface area contributed by atoms with Crippen LogP contribution < -0.4 is 9.47 Å². The van der Waals surface area contributed by atoms with Gasteiger partial charge in [-0.2, -0.15) is 0 Å². The molecule has 1 aliphatic heterocycles. The van der Waals surface area contributed by atoms with Gasteiger partial charge in [0.2, 0.25) is 0 Å². The molecule has 0 fully saturated rings. The molecular weight excluding hydrogens is 164 g/mol. The number of fused-ring (bicyclic) bond motifs is 1. The molecule has 2 nitrogen and oxygen atoms in total. The van der Waals surface area contributed by atoms with Gasteiger partial charge in [-0.25, -0.2) is 0 Å². The molecule has 0 radical (unpaired) electrons. The summed E-state index contributed by atoms with van der Waals surface area (Å²) in [4.78, 5) is 0. The Morgan fingerprint density at radius 2 is 2.38 bits per heavy atom. The highest BCUT2D eigenvalue weighted by molar-refractivity contribution is 5.43. The lowest BCUT2D eigenvalue weighted by molar-refractivity contribution is 0.339. The number of allylic oxidation sites excluding steroid dienone is 1. The molecule has 0 saturated heterocycles. The first kappa shape index (κ1) is 8.17. The summed E-state index contributed by atoms with van der Waals surface area (Å²) in [6, 6.07) is 5.91. The SMILES string of the molecule is CCOc1ccc2c(c1)CC=CO2. The van der Waals surface area contributed by atoms with Crippen molar-refractivity contribution < 1.29 is 9.47 Å². The Morgan fingerprint density at radius 3 is 3.23 bits per heavy atom. The van der Waals surface area contributed by atoms with Gasteiger partial charge in [0.15, 0.2) is 0 Å². The maximum atomic E-state index is 5.39. The van der Waals surface area contributed by atoms with E-state index in [1.165, 1.54) is 5.56 Å². The second kappa shape index (κ2) is 3.52. The van der Waals surface area contributed by atoms with Crippen LogP contribution in [-0.4, -0.2) is 6.61 Å². The Kier molecular flexibility index (Phi) is 2.21. The monoisotopic (exact) mass is 176 g/mol. The molecule has 0 aliphatic carbocycles. The third-order valence-electron chi connectivity index (χ3n) is 1.97. The van der Waals surface area contributed by atoms with E-state index in [0.29, 0.717) is 6.61 Å². The van der Waals surface area contributed by atoms with Gasteiger partial charge in [-0.15, -0.1) is 0 Å². The molecule has 0 spiro atoms. The van der Waals surface area contributed by atoms with E-state index in [0.717, 1.165) is 17.9 Å². The summed E-state index contributed by atoms with van der Waals surface area (Å²) < 4.78 is 10.7. The minimum Gasteiger partial charge on any atom is -0.494 e. The standard InChI is InChI=1S/C11H12O2/c1-2-12-10-5-6-11-9(8-10)4-3-7-13-11/h3,5-8H,2,4H2,1H3. The summed E-state index contributed by atoms with van der Waals surface area (Å²) >= 11 is 0. The van der Waals surface area contributed by atoms with Crippen molar-refractivity contribution in [3.63, 3.8) is 0 Å². The van der Waals surface area contributed by atoms with Crippen LogP contribution in [0.1, 0.15) is 12.5 Å². The Bertz CT molecular complexity index is 329. The number of ether oxygens (including phenoxy) is 2. The van der Waals surface area contributed by atoms with Gasteiger partial charge in [-0.3, -0.25) is 0 Å². The number of hydrogen-bond acceptors (Lipinski definition) is 2. The molecule has 0 atom stereocenters. The Labute approximate surface area is 77.8 Å². The lowest BCUT2D eigenvalue weighted by Crippen LogP contribution is -1.98. The largest absolute Gasteiger partial charge is 0.494 e. The van der Waals surface area contributed by atoms with E-state index < -0.39 is 0 Å². The molecular formula is C11H12O2. The van der Waals surface area contributed by atoms with E-state index in [1.807, 2.05) is 31.2 Å². The molecule has 0 saturated carbocycles. The minimum atomic E-state index is 0.704. The van der Waals surface area contributed by atoms with E-state index in [1.54, 1.807) is 6.26 Å². The highest BCUT2D eigenvalue weighted by Crippen LogP contribution is 2.27. The summed E-state index contributed by atoms with van der Waals surface area (Å²) in [6.07, 6.45) is 4.65. The van der Waals surface area contributed by atoms with Gasteiger partial charge in [0.25, 0.3) is 0 Å². The molecule has 13 heavy (non-hydrogen) atoms. The molecule has 0 aromatic heterocycles. The van der Waals surface area contributed by atoms with Gasteiger partial charge >= 0.3 is 0 Å². The summed E-state index contributed by atoms with van der Waals surface area (Å²) in [5, 5.41) is 0. The van der Waals surface area contributed by atoms with Gasteiger partial charge in [-0.05, 0) is 37.6 Å². The van der Waals surface area contributed by atoms with Crippen LogP contribution >= 0.6 is 0 Å². The summed E-state index contributed by atoms with van der Waals surface area (Å²) in [6.45, 7) is 2.69. The average molecular weight is 176 g/mol. The minimum absolute atomic E-state index is 0.704. The van der Waals surface area contributed by atoms with E-state index in [-0.39, 0.29) is 0 Å². The van der Waals surface area contributed by atoms with Crippen molar-refractivity contribution >= 4 is 0 Å². The Morgan fingerprint density at radius 1 is 1.46 bits per heavy atom. The van der Waals surface area contributed by atoms with Gasteiger partial charge in [0.1, 0.15) is 11.5 Å². The van der Waals surface area contributed by atoms with Crippen LogP contribution in [0.15, 0.2) is 30.5 Å². The zero-order valence-corrected chi connectivity index (χ0v) is 7.62. The quantitative estimate of drug-likeness (QED) is 0.689. The maximum Gasteiger partial charge on any atom is 0.130 e. The second-order valence-electron chi connectivity index (χ2n) is 2.90. The fourth-order valence-corrected chi connectivity index (χ4v) is 1.38. The normalized spacial score (nSPS) is 13.3. The molecule has 2 heteroatoms. The van der Waals surface area contributed by atoms with Crippen molar-refractivity contribution in [2.75, 3.05) is 6.61 Å². The van der Waals surface area contributed by atoms with Crippen molar-refractivity contribution in [1.29, 1.82) is 0 Å². The van der Waals surface area contributed by atoms with Crippen molar-refractivity contribution in [2.45, 2.75) is 13.3 Å². The van der Waals surface area contributed by atoms with Crippen LogP contribution in [0.4, 0.5) is 0 Å². The summed E-state index contributed by atoms with van der Waals surface area (Å²) in [5.74, 6) is 1.85. The van der Waals surface area contributed by atoms with Gasteiger partial charge in [0.05, 0.1) is 12.9 Å². The van der Waals surface area contributed by atoms with E-state index in [2.05, 4.69) is 0 Å². The molecule has 0 N–H and O–H groups in total. The van der Waals surface area contributed by atoms with Gasteiger partial charge < -0.3 is 9.47 Å². The second-order valence-corrected chi connectivity index (χ2v) is 2.90. The molecule has 1 aliphatic rings. The number of rotatable bonds is 2. The number of benzene rings is 1. The van der Waals surface area contributed by atoms with Crippen LogP contribution in [0.5, 0.6) is 11.5 Å². The molecule has 2 rings (SSSR count). The fraction of sp³-hybridized carbons (Fsp3) is 0.273. The lowest BCUT2D eigenvalue weighted by atomic mass is 10.1. The first-order chi connectivity index (χ1) is 6.40. The average Bonchev–Trinajstić information content (AvgIpc) is 2.18. The smallest absolute Gasteiger partial charge is 0.130 e. The lowest BCUT2D eigenvalue weighted by Gasteiger charge is -2.12. The van der Waals surface area contributed by atoms with Gasteiger partial charge in [0, 0.05) is 5.56 Å². The Balaban J connectivity index is 2.27. The number of hydrogen-bond donors (Lipinski definition) is 0. The molecule has 1 heterocycles. The zero-order valence-electron chi connectivity index (χ0n) is 7.62. The third-order valence-corrected chi connectivity index (χ3v) is 1.97. The highest BCUT2D eigenvalue weighted by atomic mass is 16.5. The van der Waals surface area contributed by atoms with Crippen LogP contribution in [-0.2, 0) is 6.42 Å².